The molecule has 0 radical (unpaired) electrons. The Morgan fingerprint density at radius 3 is 2.53 bits per heavy atom. The van der Waals surface area contributed by atoms with E-state index in [1.54, 1.807) is 0 Å². The van der Waals surface area contributed by atoms with E-state index in [4.69, 9.17) is 5.73 Å². The van der Waals surface area contributed by atoms with Crippen LogP contribution < -0.4 is 11.1 Å². The number of amides is 1. The highest BCUT2D eigenvalue weighted by atomic mass is 16.1. The van der Waals surface area contributed by atoms with Crippen LogP contribution in [0.15, 0.2) is 42.7 Å². The van der Waals surface area contributed by atoms with Gasteiger partial charge in [-0.2, -0.15) is 0 Å². The third-order valence-electron chi connectivity index (χ3n) is 2.22. The zero-order chi connectivity index (χ0) is 12.1. The van der Waals surface area contributed by atoms with E-state index >= 15 is 0 Å². The summed E-state index contributed by atoms with van der Waals surface area (Å²) in [5.41, 5.74) is 6.38. The van der Waals surface area contributed by atoms with Gasteiger partial charge in [0.25, 0.3) is 5.91 Å². The second kappa shape index (κ2) is 5.07. The van der Waals surface area contributed by atoms with Crippen LogP contribution in [0.5, 0.6) is 0 Å². The Bertz CT molecular complexity index is 496. The minimum Gasteiger partial charge on any atom is -0.365 e. The fourth-order valence-electron chi connectivity index (χ4n) is 1.34. The molecule has 2 rings (SSSR count). The molecule has 0 spiro atoms. The molecule has 1 aromatic heterocycles. The smallest absolute Gasteiger partial charge is 0.268 e. The number of hydrogen-bond donors (Lipinski definition) is 2. The van der Waals surface area contributed by atoms with Crippen LogP contribution in [0.2, 0.25) is 0 Å². The summed E-state index contributed by atoms with van der Waals surface area (Å²) in [6.07, 6.45) is 2.85. The number of carbonyl (C=O) groups excluding carboxylic acids is 1. The van der Waals surface area contributed by atoms with Crippen LogP contribution in [-0.2, 0) is 6.54 Å². The molecule has 0 aliphatic carbocycles. The molecule has 5 heteroatoms. The van der Waals surface area contributed by atoms with E-state index in [1.807, 2.05) is 30.3 Å². The van der Waals surface area contributed by atoms with Gasteiger partial charge < -0.3 is 11.1 Å². The molecule has 1 amide bonds. The lowest BCUT2D eigenvalue weighted by Gasteiger charge is -2.05. The first-order valence-electron chi connectivity index (χ1n) is 5.15. The van der Waals surface area contributed by atoms with Crippen molar-refractivity contribution >= 4 is 11.7 Å². The standard InChI is InChI=1S/C12H12N4O/c13-12(17)10-7-16-11(8-14-10)15-6-9-4-2-1-3-5-9/h1-5,7-8H,6H2,(H2,13,17)(H,15,16). The van der Waals surface area contributed by atoms with Gasteiger partial charge in [0.05, 0.1) is 12.4 Å². The first-order chi connectivity index (χ1) is 8.25. The Kier molecular flexibility index (Phi) is 3.30. The van der Waals surface area contributed by atoms with Crippen molar-refractivity contribution in [3.05, 3.63) is 54.0 Å². The van der Waals surface area contributed by atoms with Gasteiger partial charge in [-0.05, 0) is 5.56 Å². The van der Waals surface area contributed by atoms with Gasteiger partial charge in [-0.15, -0.1) is 0 Å². The number of anilines is 1. The van der Waals surface area contributed by atoms with Crippen LogP contribution in [0.1, 0.15) is 16.1 Å². The average Bonchev–Trinajstić information content (AvgIpc) is 2.38. The molecule has 0 aliphatic heterocycles. The molecule has 0 unspecified atom stereocenters. The van der Waals surface area contributed by atoms with Gasteiger partial charge in [-0.3, -0.25) is 4.79 Å². The first-order valence-corrected chi connectivity index (χ1v) is 5.15. The summed E-state index contributed by atoms with van der Waals surface area (Å²) in [6.45, 7) is 0.658. The predicted octanol–water partition coefficient (Wildman–Crippen LogP) is 1.19. The zero-order valence-corrected chi connectivity index (χ0v) is 9.13. The minimum atomic E-state index is -0.577. The molecule has 0 fully saturated rings. The highest BCUT2D eigenvalue weighted by molar-refractivity contribution is 5.90. The molecule has 3 N–H and O–H groups in total. The second-order valence-electron chi connectivity index (χ2n) is 3.49. The van der Waals surface area contributed by atoms with Gasteiger partial charge in [0.1, 0.15) is 11.5 Å². The molecule has 2 aromatic rings. The Morgan fingerprint density at radius 2 is 1.94 bits per heavy atom. The van der Waals surface area contributed by atoms with Crippen molar-refractivity contribution in [3.63, 3.8) is 0 Å². The molecule has 0 saturated heterocycles. The van der Waals surface area contributed by atoms with Gasteiger partial charge in [0, 0.05) is 6.54 Å². The molecule has 1 heterocycles. The van der Waals surface area contributed by atoms with Gasteiger partial charge in [-0.1, -0.05) is 30.3 Å². The molecular weight excluding hydrogens is 216 g/mol. The van der Waals surface area contributed by atoms with Crippen LogP contribution >= 0.6 is 0 Å². The van der Waals surface area contributed by atoms with E-state index in [9.17, 15) is 4.79 Å². The van der Waals surface area contributed by atoms with Crippen molar-refractivity contribution in [1.29, 1.82) is 0 Å². The maximum absolute atomic E-state index is 10.8. The van der Waals surface area contributed by atoms with Gasteiger partial charge in [0.2, 0.25) is 0 Å². The summed E-state index contributed by atoms with van der Waals surface area (Å²) in [5.74, 6) is 0.0333. The van der Waals surface area contributed by atoms with E-state index < -0.39 is 5.91 Å². The highest BCUT2D eigenvalue weighted by Gasteiger charge is 2.02. The predicted molar refractivity (Wildman–Crippen MR) is 64.3 cm³/mol. The summed E-state index contributed by atoms with van der Waals surface area (Å²) in [6, 6.07) is 9.93. The lowest BCUT2D eigenvalue weighted by atomic mass is 10.2. The van der Waals surface area contributed by atoms with E-state index in [2.05, 4.69) is 15.3 Å². The van der Waals surface area contributed by atoms with E-state index in [0.717, 1.165) is 5.56 Å². The molecule has 86 valence electrons. The fraction of sp³-hybridized carbons (Fsp3) is 0.0833. The molecule has 17 heavy (non-hydrogen) atoms. The Morgan fingerprint density at radius 1 is 1.18 bits per heavy atom. The highest BCUT2D eigenvalue weighted by Crippen LogP contribution is 2.04. The number of nitrogens with two attached hydrogens (primary N) is 1. The molecule has 5 nitrogen and oxygen atoms in total. The first kappa shape index (κ1) is 11.1. The van der Waals surface area contributed by atoms with Crippen molar-refractivity contribution in [2.45, 2.75) is 6.54 Å². The minimum absolute atomic E-state index is 0.162. The molecule has 0 bridgehead atoms. The number of benzene rings is 1. The van der Waals surface area contributed by atoms with Gasteiger partial charge in [0.15, 0.2) is 0 Å². The van der Waals surface area contributed by atoms with E-state index in [-0.39, 0.29) is 5.69 Å². The van der Waals surface area contributed by atoms with Crippen molar-refractivity contribution in [2.75, 3.05) is 5.32 Å². The fourth-order valence-corrected chi connectivity index (χ4v) is 1.34. The third kappa shape index (κ3) is 3.01. The number of rotatable bonds is 4. The van der Waals surface area contributed by atoms with Crippen molar-refractivity contribution in [1.82, 2.24) is 9.97 Å². The quantitative estimate of drug-likeness (QED) is 0.823. The van der Waals surface area contributed by atoms with Crippen LogP contribution in [0.4, 0.5) is 5.82 Å². The number of nitrogens with zero attached hydrogens (tertiary/aromatic N) is 2. The number of carbonyl (C=O) groups is 1. The van der Waals surface area contributed by atoms with E-state index in [1.165, 1.54) is 12.4 Å². The number of hydrogen-bond acceptors (Lipinski definition) is 4. The zero-order valence-electron chi connectivity index (χ0n) is 9.13. The summed E-state index contributed by atoms with van der Waals surface area (Å²) in [4.78, 5) is 18.7. The number of nitrogens with one attached hydrogen (secondary N) is 1. The number of primary amides is 1. The molecule has 0 saturated carbocycles. The maximum atomic E-state index is 10.8. The largest absolute Gasteiger partial charge is 0.365 e. The van der Waals surface area contributed by atoms with Crippen LogP contribution in [0.25, 0.3) is 0 Å². The van der Waals surface area contributed by atoms with E-state index in [0.29, 0.717) is 12.4 Å². The van der Waals surface area contributed by atoms with Gasteiger partial charge in [-0.25, -0.2) is 9.97 Å². The van der Waals surface area contributed by atoms with Crippen LogP contribution in [0.3, 0.4) is 0 Å². The maximum Gasteiger partial charge on any atom is 0.268 e. The SMILES string of the molecule is NC(=O)c1cnc(NCc2ccccc2)cn1. The lowest BCUT2D eigenvalue weighted by molar-refractivity contribution is 0.0995. The second-order valence-corrected chi connectivity index (χ2v) is 3.49. The Balaban J connectivity index is 1.98. The molecule has 0 atom stereocenters. The topological polar surface area (TPSA) is 80.9 Å². The van der Waals surface area contributed by atoms with Crippen molar-refractivity contribution in [3.8, 4) is 0 Å². The molecule has 0 aliphatic rings. The molecular formula is C12H12N4O. The van der Waals surface area contributed by atoms with Crippen LogP contribution in [0, 0.1) is 0 Å². The summed E-state index contributed by atoms with van der Waals surface area (Å²) in [7, 11) is 0. The average molecular weight is 228 g/mol. The third-order valence-corrected chi connectivity index (χ3v) is 2.22. The van der Waals surface area contributed by atoms with Crippen LogP contribution in [-0.4, -0.2) is 15.9 Å². The molecule has 1 aromatic carbocycles. The Hall–Kier alpha value is -2.43. The van der Waals surface area contributed by atoms with Crippen molar-refractivity contribution < 1.29 is 4.79 Å². The van der Waals surface area contributed by atoms with Crippen molar-refractivity contribution in [2.24, 2.45) is 5.73 Å². The summed E-state index contributed by atoms with van der Waals surface area (Å²) >= 11 is 0. The summed E-state index contributed by atoms with van der Waals surface area (Å²) < 4.78 is 0. The number of aromatic nitrogens is 2. The van der Waals surface area contributed by atoms with Gasteiger partial charge >= 0.3 is 0 Å². The normalized spacial score (nSPS) is 9.88. The Labute approximate surface area is 98.7 Å². The summed E-state index contributed by atoms with van der Waals surface area (Å²) in [5, 5.41) is 3.10. The lowest BCUT2D eigenvalue weighted by Crippen LogP contribution is -2.13. The monoisotopic (exact) mass is 228 g/mol.